The van der Waals surface area contributed by atoms with Crippen LogP contribution in [0.5, 0.6) is 0 Å². The Balaban J connectivity index is 1.77. The summed E-state index contributed by atoms with van der Waals surface area (Å²) in [5.74, 6) is 0.705. The highest BCUT2D eigenvalue weighted by Gasteiger charge is 2.02. The van der Waals surface area contributed by atoms with Crippen molar-refractivity contribution in [2.75, 3.05) is 13.1 Å². The van der Waals surface area contributed by atoms with Crippen LogP contribution >= 0.6 is 31.9 Å². The van der Waals surface area contributed by atoms with Gasteiger partial charge in [0, 0.05) is 15.5 Å². The molecule has 0 atom stereocenters. The molecule has 6 heteroatoms. The van der Waals surface area contributed by atoms with Crippen molar-refractivity contribution in [1.82, 2.24) is 10.7 Å². The van der Waals surface area contributed by atoms with Crippen molar-refractivity contribution in [2.24, 2.45) is 10.1 Å². The Morgan fingerprint density at radius 3 is 1.92 bits per heavy atom. The van der Waals surface area contributed by atoms with E-state index in [4.69, 9.17) is 0 Å². The van der Waals surface area contributed by atoms with Gasteiger partial charge in [0.25, 0.3) is 0 Å². The minimum atomic E-state index is 0.705. The summed E-state index contributed by atoms with van der Waals surface area (Å²) < 4.78 is 2.12. The normalized spacial score (nSPS) is 13.7. The number of hydrogen-bond acceptors (Lipinski definition) is 4. The highest BCUT2D eigenvalue weighted by Crippen LogP contribution is 2.13. The zero-order valence-corrected chi connectivity index (χ0v) is 17.2. The number of guanidine groups is 1. The number of nitrogens with zero attached hydrogens (tertiary/aromatic N) is 2. The number of aliphatic imine (C=N–C) groups is 1. The summed E-state index contributed by atoms with van der Waals surface area (Å²) in [6.07, 6.45) is 8.01. The molecule has 0 aromatic heterocycles. The van der Waals surface area contributed by atoms with E-state index in [2.05, 4.69) is 52.7 Å². The molecule has 0 bridgehead atoms. The zero-order valence-electron chi connectivity index (χ0n) is 14.0. The number of benzene rings is 2. The van der Waals surface area contributed by atoms with Gasteiger partial charge in [-0.25, -0.2) is 10.4 Å². The van der Waals surface area contributed by atoms with Gasteiger partial charge in [-0.1, -0.05) is 68.3 Å². The first-order valence-electron chi connectivity index (χ1n) is 8.18. The molecular weight excluding hydrogens is 456 g/mol. The van der Waals surface area contributed by atoms with Crippen LogP contribution in [0, 0.1) is 0 Å². The van der Waals surface area contributed by atoms with E-state index in [0.29, 0.717) is 5.96 Å². The molecule has 4 nitrogen and oxygen atoms in total. The van der Waals surface area contributed by atoms with Crippen molar-refractivity contribution in [1.29, 1.82) is 0 Å². The number of halogens is 2. The van der Waals surface area contributed by atoms with E-state index >= 15 is 0 Å². The van der Waals surface area contributed by atoms with Gasteiger partial charge in [0.05, 0.1) is 12.3 Å². The number of allylic oxidation sites excluding steroid dienone is 2. The predicted octanol–water partition coefficient (Wildman–Crippen LogP) is 4.84. The lowest BCUT2D eigenvalue weighted by Crippen LogP contribution is -2.30. The van der Waals surface area contributed by atoms with Crippen LogP contribution in [0.2, 0.25) is 0 Å². The molecule has 0 aliphatic carbocycles. The van der Waals surface area contributed by atoms with E-state index in [-0.39, 0.29) is 0 Å². The largest absolute Gasteiger partial charge is 0.353 e. The fraction of sp³-hybridized carbons (Fsp3) is 0.100. The van der Waals surface area contributed by atoms with Crippen LogP contribution in [0.25, 0.3) is 12.2 Å². The van der Waals surface area contributed by atoms with Crippen LogP contribution in [0.1, 0.15) is 11.1 Å². The zero-order chi connectivity index (χ0) is 18.2. The Kier molecular flexibility index (Phi) is 6.80. The molecule has 3 rings (SSSR count). The second-order valence-electron chi connectivity index (χ2n) is 5.58. The minimum Gasteiger partial charge on any atom is -0.353 e. The second-order valence-corrected chi connectivity index (χ2v) is 7.41. The van der Waals surface area contributed by atoms with E-state index in [1.54, 1.807) is 0 Å². The molecule has 0 saturated carbocycles. The van der Waals surface area contributed by atoms with Gasteiger partial charge in [-0.2, -0.15) is 5.10 Å². The van der Waals surface area contributed by atoms with Gasteiger partial charge in [0.2, 0.25) is 5.96 Å². The molecule has 1 heterocycles. The lowest BCUT2D eigenvalue weighted by atomic mass is 10.1. The summed E-state index contributed by atoms with van der Waals surface area (Å²) in [4.78, 5) is 4.29. The maximum atomic E-state index is 4.45. The van der Waals surface area contributed by atoms with Crippen molar-refractivity contribution < 1.29 is 0 Å². The third kappa shape index (κ3) is 5.97. The third-order valence-corrected chi connectivity index (χ3v) is 4.66. The smallest absolute Gasteiger partial charge is 0.212 e. The molecule has 0 radical (unpaired) electrons. The van der Waals surface area contributed by atoms with Gasteiger partial charge in [0.1, 0.15) is 0 Å². The molecule has 1 aliphatic heterocycles. The quantitative estimate of drug-likeness (QED) is 0.482. The standard InChI is InChI=1S/C20H18Br2N4/c21-17-7-1-15(2-8-17)5-11-19(25-26-20-23-13-14-24-20)12-6-16-3-9-18(22)10-4-16/h1-12H,13-14H2,(H2,23,24,26). The van der Waals surface area contributed by atoms with Crippen LogP contribution in [0.15, 0.2) is 79.7 Å². The average Bonchev–Trinajstić information content (AvgIpc) is 3.17. The van der Waals surface area contributed by atoms with Crippen molar-refractivity contribution in [3.05, 3.63) is 80.8 Å². The summed E-state index contributed by atoms with van der Waals surface area (Å²) in [6.45, 7) is 1.62. The van der Waals surface area contributed by atoms with E-state index in [9.17, 15) is 0 Å². The summed E-state index contributed by atoms with van der Waals surface area (Å²) in [5.41, 5.74) is 5.99. The molecule has 0 spiro atoms. The summed E-state index contributed by atoms with van der Waals surface area (Å²) in [5, 5.41) is 7.60. The Morgan fingerprint density at radius 1 is 0.923 bits per heavy atom. The molecule has 0 amide bonds. The van der Waals surface area contributed by atoms with Gasteiger partial charge in [0.15, 0.2) is 0 Å². The maximum Gasteiger partial charge on any atom is 0.212 e. The molecule has 0 saturated heterocycles. The predicted molar refractivity (Wildman–Crippen MR) is 117 cm³/mol. The molecule has 2 aromatic carbocycles. The molecule has 0 unspecified atom stereocenters. The molecule has 26 heavy (non-hydrogen) atoms. The van der Waals surface area contributed by atoms with Crippen LogP contribution in [0.4, 0.5) is 0 Å². The van der Waals surface area contributed by atoms with Gasteiger partial charge in [-0.15, -0.1) is 0 Å². The van der Waals surface area contributed by atoms with E-state index in [1.807, 2.05) is 72.8 Å². The monoisotopic (exact) mass is 472 g/mol. The third-order valence-electron chi connectivity index (χ3n) is 3.60. The topological polar surface area (TPSA) is 48.8 Å². The summed E-state index contributed by atoms with van der Waals surface area (Å²) in [6, 6.07) is 16.3. The SMILES string of the molecule is Brc1ccc(C=CC(C=Cc2ccc(Br)cc2)=NNC2=NCCN2)cc1. The van der Waals surface area contributed by atoms with Crippen LogP contribution < -0.4 is 10.7 Å². The lowest BCUT2D eigenvalue weighted by molar-refractivity contribution is 0.918. The first kappa shape index (κ1) is 18.6. The number of rotatable bonds is 5. The fourth-order valence-corrected chi connectivity index (χ4v) is 2.76. The highest BCUT2D eigenvalue weighted by atomic mass is 79.9. The van der Waals surface area contributed by atoms with Crippen LogP contribution in [-0.4, -0.2) is 24.8 Å². The minimum absolute atomic E-state index is 0.705. The molecule has 132 valence electrons. The molecule has 2 aromatic rings. The Labute approximate surface area is 170 Å². The van der Waals surface area contributed by atoms with Crippen LogP contribution in [0.3, 0.4) is 0 Å². The van der Waals surface area contributed by atoms with E-state index in [1.165, 1.54) is 0 Å². The van der Waals surface area contributed by atoms with E-state index in [0.717, 1.165) is 38.9 Å². The fourth-order valence-electron chi connectivity index (χ4n) is 2.23. The summed E-state index contributed by atoms with van der Waals surface area (Å²) in [7, 11) is 0. The van der Waals surface area contributed by atoms with Gasteiger partial charge in [-0.05, 0) is 47.5 Å². The van der Waals surface area contributed by atoms with Gasteiger partial charge >= 0.3 is 0 Å². The highest BCUT2D eigenvalue weighted by molar-refractivity contribution is 9.10. The Bertz CT molecular complexity index is 793. The second kappa shape index (κ2) is 9.50. The average molecular weight is 474 g/mol. The van der Waals surface area contributed by atoms with Crippen molar-refractivity contribution >= 4 is 55.7 Å². The maximum absolute atomic E-state index is 4.45. The van der Waals surface area contributed by atoms with Crippen molar-refractivity contribution in [2.45, 2.75) is 0 Å². The Morgan fingerprint density at radius 2 is 1.46 bits per heavy atom. The molecular formula is C20H18Br2N4. The van der Waals surface area contributed by atoms with E-state index < -0.39 is 0 Å². The number of nitrogens with one attached hydrogen (secondary N) is 2. The number of hydrogen-bond donors (Lipinski definition) is 2. The van der Waals surface area contributed by atoms with Gasteiger partial charge < -0.3 is 5.32 Å². The first-order chi connectivity index (χ1) is 12.7. The lowest BCUT2D eigenvalue weighted by Gasteiger charge is -2.02. The Hall–Kier alpha value is -2.18. The summed E-state index contributed by atoms with van der Waals surface area (Å²) >= 11 is 6.90. The van der Waals surface area contributed by atoms with Crippen LogP contribution in [-0.2, 0) is 0 Å². The van der Waals surface area contributed by atoms with Crippen molar-refractivity contribution in [3.8, 4) is 0 Å². The molecule has 0 fully saturated rings. The molecule has 2 N–H and O–H groups in total. The number of hydrazone groups is 1. The van der Waals surface area contributed by atoms with Crippen molar-refractivity contribution in [3.63, 3.8) is 0 Å². The first-order valence-corrected chi connectivity index (χ1v) is 9.77. The van der Waals surface area contributed by atoms with Gasteiger partial charge in [-0.3, -0.25) is 0 Å². The molecule has 1 aliphatic rings.